The second kappa shape index (κ2) is 9.78. The monoisotopic (exact) mass is 379 g/mol. The minimum atomic E-state index is -0.551. The Bertz CT molecular complexity index is 748. The average Bonchev–Trinajstić information content (AvgIpc) is 3.01. The van der Waals surface area contributed by atoms with Crippen molar-refractivity contribution in [2.45, 2.75) is 5.16 Å². The Morgan fingerprint density at radius 3 is 2.58 bits per heavy atom. The fourth-order valence-electron chi connectivity index (χ4n) is 2.04. The molecule has 2 rings (SSSR count). The Labute approximate surface area is 155 Å². The van der Waals surface area contributed by atoms with Crippen molar-refractivity contribution in [1.29, 1.82) is 0 Å². The average molecular weight is 379 g/mol. The van der Waals surface area contributed by atoms with Gasteiger partial charge in [-0.1, -0.05) is 11.8 Å². The number of aromatic nitrogens is 3. The summed E-state index contributed by atoms with van der Waals surface area (Å²) in [5.41, 5.74) is 0.884. The van der Waals surface area contributed by atoms with Gasteiger partial charge >= 0.3 is 6.03 Å². The van der Waals surface area contributed by atoms with Gasteiger partial charge < -0.3 is 19.4 Å². The minimum Gasteiger partial charge on any atom is -0.497 e. The molecule has 3 amide bonds. The SMILES string of the molecule is COCCNC(=O)NC(=O)CSc1nnc(-c2ccc(OC)cc2)n1C. The zero-order chi connectivity index (χ0) is 18.9. The Balaban J connectivity index is 1.89. The van der Waals surface area contributed by atoms with Gasteiger partial charge in [-0.15, -0.1) is 10.2 Å². The number of hydrogen-bond acceptors (Lipinski definition) is 7. The molecule has 2 aromatic rings. The number of rotatable bonds is 8. The van der Waals surface area contributed by atoms with E-state index >= 15 is 0 Å². The van der Waals surface area contributed by atoms with Gasteiger partial charge in [0.15, 0.2) is 11.0 Å². The summed E-state index contributed by atoms with van der Waals surface area (Å²) in [4.78, 5) is 23.3. The third kappa shape index (κ3) is 5.46. The van der Waals surface area contributed by atoms with Crippen LogP contribution in [0.1, 0.15) is 0 Å². The molecule has 140 valence electrons. The summed E-state index contributed by atoms with van der Waals surface area (Å²) in [6.07, 6.45) is 0. The van der Waals surface area contributed by atoms with Gasteiger partial charge in [-0.05, 0) is 24.3 Å². The minimum absolute atomic E-state index is 0.0479. The van der Waals surface area contributed by atoms with Crippen molar-refractivity contribution < 1.29 is 19.1 Å². The van der Waals surface area contributed by atoms with Crippen molar-refractivity contribution in [1.82, 2.24) is 25.4 Å². The van der Waals surface area contributed by atoms with E-state index in [1.165, 1.54) is 18.9 Å². The topological polar surface area (TPSA) is 107 Å². The quantitative estimate of drug-likeness (QED) is 0.521. The first-order chi connectivity index (χ1) is 12.5. The molecule has 1 aromatic heterocycles. The molecule has 1 heterocycles. The number of carbonyl (C=O) groups excluding carboxylic acids is 2. The van der Waals surface area contributed by atoms with E-state index in [0.717, 1.165) is 11.3 Å². The largest absolute Gasteiger partial charge is 0.497 e. The van der Waals surface area contributed by atoms with Gasteiger partial charge in [0, 0.05) is 26.3 Å². The van der Waals surface area contributed by atoms with Gasteiger partial charge in [-0.3, -0.25) is 10.1 Å². The maximum atomic E-state index is 11.8. The van der Waals surface area contributed by atoms with E-state index in [1.54, 1.807) is 11.7 Å². The number of thioether (sulfide) groups is 1. The maximum absolute atomic E-state index is 11.8. The van der Waals surface area contributed by atoms with Crippen LogP contribution in [0, 0.1) is 0 Å². The van der Waals surface area contributed by atoms with E-state index in [-0.39, 0.29) is 5.75 Å². The summed E-state index contributed by atoms with van der Waals surface area (Å²) in [5, 5.41) is 13.6. The molecule has 0 aliphatic rings. The first-order valence-electron chi connectivity index (χ1n) is 7.78. The summed E-state index contributed by atoms with van der Waals surface area (Å²) in [6, 6.07) is 6.89. The molecule has 0 unspecified atom stereocenters. The predicted molar refractivity (Wildman–Crippen MR) is 97.1 cm³/mol. The molecule has 0 fully saturated rings. The lowest BCUT2D eigenvalue weighted by atomic mass is 10.2. The lowest BCUT2D eigenvalue weighted by molar-refractivity contribution is -0.117. The molecule has 1 aromatic carbocycles. The number of benzene rings is 1. The molecule has 26 heavy (non-hydrogen) atoms. The maximum Gasteiger partial charge on any atom is 0.321 e. The molecule has 0 saturated carbocycles. The summed E-state index contributed by atoms with van der Waals surface area (Å²) < 4.78 is 11.7. The lowest BCUT2D eigenvalue weighted by Gasteiger charge is -2.06. The zero-order valence-electron chi connectivity index (χ0n) is 14.8. The molecule has 0 bridgehead atoms. The number of imide groups is 1. The fourth-order valence-corrected chi connectivity index (χ4v) is 2.75. The summed E-state index contributed by atoms with van der Waals surface area (Å²) in [7, 11) is 4.95. The predicted octanol–water partition coefficient (Wildman–Crippen LogP) is 1.05. The molecule has 0 spiro atoms. The van der Waals surface area contributed by atoms with Crippen molar-refractivity contribution in [3.63, 3.8) is 0 Å². The molecule has 2 N–H and O–H groups in total. The van der Waals surface area contributed by atoms with Crippen LogP contribution >= 0.6 is 11.8 Å². The Morgan fingerprint density at radius 2 is 1.92 bits per heavy atom. The summed E-state index contributed by atoms with van der Waals surface area (Å²) in [6.45, 7) is 0.709. The molecule has 0 saturated heterocycles. The lowest BCUT2D eigenvalue weighted by Crippen LogP contribution is -2.41. The first-order valence-corrected chi connectivity index (χ1v) is 8.77. The van der Waals surface area contributed by atoms with Gasteiger partial charge in [-0.2, -0.15) is 0 Å². The summed E-state index contributed by atoms with van der Waals surface area (Å²) in [5.74, 6) is 1.06. The highest BCUT2D eigenvalue weighted by molar-refractivity contribution is 7.99. The van der Waals surface area contributed by atoms with Crippen LogP contribution in [0.4, 0.5) is 4.79 Å². The smallest absolute Gasteiger partial charge is 0.321 e. The fraction of sp³-hybridized carbons (Fsp3) is 0.375. The van der Waals surface area contributed by atoms with Crippen molar-refractivity contribution in [3.05, 3.63) is 24.3 Å². The van der Waals surface area contributed by atoms with Gasteiger partial charge in [0.25, 0.3) is 0 Å². The van der Waals surface area contributed by atoms with Crippen LogP contribution in [0.5, 0.6) is 5.75 Å². The van der Waals surface area contributed by atoms with Crippen LogP contribution in [-0.2, 0) is 16.6 Å². The van der Waals surface area contributed by atoms with Crippen molar-refractivity contribution in [2.24, 2.45) is 7.05 Å². The Morgan fingerprint density at radius 1 is 1.19 bits per heavy atom. The zero-order valence-corrected chi connectivity index (χ0v) is 15.6. The summed E-state index contributed by atoms with van der Waals surface area (Å²) >= 11 is 1.20. The molecule has 0 aliphatic heterocycles. The van der Waals surface area contributed by atoms with Gasteiger partial charge in [0.2, 0.25) is 5.91 Å². The van der Waals surface area contributed by atoms with E-state index in [1.807, 2.05) is 31.3 Å². The van der Waals surface area contributed by atoms with E-state index in [4.69, 9.17) is 9.47 Å². The van der Waals surface area contributed by atoms with E-state index in [2.05, 4.69) is 20.8 Å². The second-order valence-corrected chi connectivity index (χ2v) is 6.12. The number of amides is 3. The molecule has 0 aliphatic carbocycles. The van der Waals surface area contributed by atoms with Crippen molar-refractivity contribution in [3.8, 4) is 17.1 Å². The standard InChI is InChI=1S/C16H21N5O4S/c1-21-14(11-4-6-12(25-3)7-5-11)19-20-16(21)26-10-13(22)18-15(23)17-8-9-24-2/h4-7H,8-10H2,1-3H3,(H2,17,18,22,23). The highest BCUT2D eigenvalue weighted by Crippen LogP contribution is 2.24. The van der Waals surface area contributed by atoms with Crippen LogP contribution in [0.3, 0.4) is 0 Å². The highest BCUT2D eigenvalue weighted by Gasteiger charge is 2.14. The van der Waals surface area contributed by atoms with Gasteiger partial charge in [0.05, 0.1) is 19.5 Å². The van der Waals surface area contributed by atoms with Gasteiger partial charge in [-0.25, -0.2) is 4.79 Å². The Kier molecular flexibility index (Phi) is 7.42. The molecule has 0 atom stereocenters. The van der Waals surface area contributed by atoms with E-state index in [9.17, 15) is 9.59 Å². The third-order valence-corrected chi connectivity index (χ3v) is 4.38. The number of carbonyl (C=O) groups is 2. The number of nitrogens with zero attached hydrogens (tertiary/aromatic N) is 3. The number of nitrogens with one attached hydrogen (secondary N) is 2. The number of methoxy groups -OCH3 is 2. The molecular weight excluding hydrogens is 358 g/mol. The number of urea groups is 1. The third-order valence-electron chi connectivity index (χ3n) is 3.36. The number of hydrogen-bond donors (Lipinski definition) is 2. The van der Waals surface area contributed by atoms with Crippen LogP contribution in [-0.4, -0.2) is 59.8 Å². The first kappa shape index (κ1) is 19.7. The van der Waals surface area contributed by atoms with Crippen LogP contribution in [0.25, 0.3) is 11.4 Å². The van der Waals surface area contributed by atoms with Crippen LogP contribution in [0.15, 0.2) is 29.4 Å². The second-order valence-electron chi connectivity index (χ2n) is 5.18. The normalized spacial score (nSPS) is 10.4. The van der Waals surface area contributed by atoms with Crippen LogP contribution in [0.2, 0.25) is 0 Å². The van der Waals surface area contributed by atoms with Crippen molar-refractivity contribution >= 4 is 23.7 Å². The van der Waals surface area contributed by atoms with Crippen LogP contribution < -0.4 is 15.4 Å². The van der Waals surface area contributed by atoms with Crippen molar-refractivity contribution in [2.75, 3.05) is 33.1 Å². The number of ether oxygens (including phenoxy) is 2. The molecule has 0 radical (unpaired) electrons. The molecule has 9 nitrogen and oxygen atoms in total. The van der Waals surface area contributed by atoms with E-state index in [0.29, 0.717) is 24.1 Å². The Hall–Kier alpha value is -2.59. The van der Waals surface area contributed by atoms with Gasteiger partial charge in [0.1, 0.15) is 5.75 Å². The molecule has 10 heteroatoms. The highest BCUT2D eigenvalue weighted by atomic mass is 32.2. The van der Waals surface area contributed by atoms with E-state index < -0.39 is 11.9 Å². The molecular formula is C16H21N5O4S.